The molecular formula is C18H18N2O4S. The van der Waals surface area contributed by atoms with Crippen molar-refractivity contribution in [2.75, 3.05) is 5.75 Å². The first-order chi connectivity index (χ1) is 12.1. The molecule has 130 valence electrons. The number of fused-ring (bicyclic) bond motifs is 1. The minimum atomic E-state index is -1.22. The number of nitrogens with zero attached hydrogens (tertiary/aromatic N) is 2. The predicted octanol–water partition coefficient (Wildman–Crippen LogP) is 1.54. The van der Waals surface area contributed by atoms with Gasteiger partial charge in [-0.05, 0) is 12.1 Å². The van der Waals surface area contributed by atoms with Crippen molar-refractivity contribution in [1.82, 2.24) is 9.38 Å². The molecule has 0 saturated carbocycles. The zero-order valence-corrected chi connectivity index (χ0v) is 14.1. The molecule has 1 aromatic carbocycles. The van der Waals surface area contributed by atoms with E-state index in [0.717, 1.165) is 11.3 Å². The monoisotopic (exact) mass is 358 g/mol. The number of thioether (sulfide) groups is 1. The summed E-state index contributed by atoms with van der Waals surface area (Å²) in [5.41, 5.74) is 1.79. The third kappa shape index (κ3) is 3.11. The van der Waals surface area contributed by atoms with Crippen molar-refractivity contribution in [2.45, 2.75) is 23.7 Å². The minimum Gasteiger partial charge on any atom is -0.473 e. The highest BCUT2D eigenvalue weighted by Crippen LogP contribution is 2.31. The molecule has 3 aromatic rings. The molecule has 6 nitrogen and oxygen atoms in total. The normalized spacial score (nSPS) is 26.7. The summed E-state index contributed by atoms with van der Waals surface area (Å²) >= 11 is 1.27. The fourth-order valence-electron chi connectivity index (χ4n) is 2.84. The Labute approximate surface area is 148 Å². The average molecular weight is 358 g/mol. The Kier molecular flexibility index (Phi) is 4.39. The van der Waals surface area contributed by atoms with Crippen LogP contribution in [-0.2, 0) is 0 Å². The van der Waals surface area contributed by atoms with Crippen LogP contribution >= 0.6 is 11.8 Å². The summed E-state index contributed by atoms with van der Waals surface area (Å²) in [6, 6.07) is 13.5. The van der Waals surface area contributed by atoms with Crippen LogP contribution in [0.3, 0.4) is 0 Å². The van der Waals surface area contributed by atoms with E-state index in [2.05, 4.69) is 4.98 Å². The number of imidazole rings is 1. The Morgan fingerprint density at radius 3 is 2.64 bits per heavy atom. The summed E-state index contributed by atoms with van der Waals surface area (Å²) in [7, 11) is 0. The molecule has 1 fully saturated rings. The van der Waals surface area contributed by atoms with E-state index in [-0.39, 0.29) is 0 Å². The SMILES string of the molecule is O[C@@H]1[C@@H](O)[C@H](Oc2cccn3cc(-c4ccccc4)nc23)SC[C@H]1O. The highest BCUT2D eigenvalue weighted by atomic mass is 32.2. The molecule has 0 bridgehead atoms. The maximum atomic E-state index is 10.1. The lowest BCUT2D eigenvalue weighted by atomic mass is 10.1. The first kappa shape index (κ1) is 16.4. The molecule has 0 spiro atoms. The van der Waals surface area contributed by atoms with Crippen molar-refractivity contribution in [1.29, 1.82) is 0 Å². The second-order valence-corrected chi connectivity index (χ2v) is 7.09. The maximum absolute atomic E-state index is 10.1. The quantitative estimate of drug-likeness (QED) is 0.658. The Hall–Kier alpha value is -2.06. The van der Waals surface area contributed by atoms with Gasteiger partial charge in [0.15, 0.2) is 16.8 Å². The van der Waals surface area contributed by atoms with Gasteiger partial charge in [0.25, 0.3) is 0 Å². The zero-order chi connectivity index (χ0) is 17.4. The minimum absolute atomic E-state index is 0.301. The Balaban J connectivity index is 1.65. The highest BCUT2D eigenvalue weighted by molar-refractivity contribution is 7.99. The summed E-state index contributed by atoms with van der Waals surface area (Å²) < 4.78 is 7.77. The molecule has 0 radical (unpaired) electrons. The van der Waals surface area contributed by atoms with E-state index in [1.54, 1.807) is 6.07 Å². The van der Waals surface area contributed by atoms with Gasteiger partial charge in [0.1, 0.15) is 12.2 Å². The van der Waals surface area contributed by atoms with Crippen LogP contribution in [0, 0.1) is 0 Å². The molecular weight excluding hydrogens is 340 g/mol. The van der Waals surface area contributed by atoms with Crippen LogP contribution in [0.15, 0.2) is 54.9 Å². The predicted molar refractivity (Wildman–Crippen MR) is 95.5 cm³/mol. The largest absolute Gasteiger partial charge is 0.473 e. The molecule has 1 aliphatic heterocycles. The van der Waals surface area contributed by atoms with Crippen LogP contribution in [0.5, 0.6) is 5.75 Å². The lowest BCUT2D eigenvalue weighted by Gasteiger charge is -2.34. The van der Waals surface area contributed by atoms with E-state index in [9.17, 15) is 15.3 Å². The zero-order valence-electron chi connectivity index (χ0n) is 13.3. The molecule has 3 N–H and O–H groups in total. The molecule has 3 heterocycles. The summed E-state index contributed by atoms with van der Waals surface area (Å²) in [5.74, 6) is 0.820. The average Bonchev–Trinajstić information content (AvgIpc) is 3.08. The molecule has 7 heteroatoms. The molecule has 0 unspecified atom stereocenters. The van der Waals surface area contributed by atoms with Crippen LogP contribution in [0.4, 0.5) is 0 Å². The highest BCUT2D eigenvalue weighted by Gasteiger charge is 2.38. The Morgan fingerprint density at radius 1 is 1.04 bits per heavy atom. The smallest absolute Gasteiger partial charge is 0.180 e. The standard InChI is InChI=1S/C18H18N2O4S/c21-13-10-25-18(16(23)15(13)22)24-14-7-4-8-20-9-12(19-17(14)20)11-5-2-1-3-6-11/h1-9,13,15-16,18,21-23H,10H2/t13-,15+,16-,18-/m1/s1. The van der Waals surface area contributed by atoms with Crippen LogP contribution < -0.4 is 4.74 Å². The lowest BCUT2D eigenvalue weighted by Crippen LogP contribution is -2.50. The molecule has 4 rings (SSSR count). The third-order valence-corrected chi connectivity index (χ3v) is 5.45. The van der Waals surface area contributed by atoms with Crippen molar-refractivity contribution in [3.05, 3.63) is 54.9 Å². The van der Waals surface area contributed by atoms with Gasteiger partial charge in [-0.25, -0.2) is 4.98 Å². The molecule has 0 amide bonds. The number of hydrogen-bond acceptors (Lipinski definition) is 6. The molecule has 4 atom stereocenters. The van der Waals surface area contributed by atoms with Gasteiger partial charge in [0.2, 0.25) is 0 Å². The van der Waals surface area contributed by atoms with Crippen LogP contribution in [-0.4, -0.2) is 54.2 Å². The number of aliphatic hydroxyl groups is 3. The first-order valence-corrected chi connectivity index (χ1v) is 9.04. The van der Waals surface area contributed by atoms with Crippen molar-refractivity contribution >= 4 is 17.4 Å². The second kappa shape index (κ2) is 6.68. The number of benzene rings is 1. The molecule has 1 aliphatic rings. The van der Waals surface area contributed by atoms with E-state index in [4.69, 9.17) is 4.74 Å². The van der Waals surface area contributed by atoms with E-state index in [1.807, 2.05) is 53.2 Å². The van der Waals surface area contributed by atoms with E-state index in [1.165, 1.54) is 11.8 Å². The second-order valence-electron chi connectivity index (χ2n) is 5.96. The van der Waals surface area contributed by atoms with Gasteiger partial charge in [-0.2, -0.15) is 0 Å². The number of aromatic nitrogens is 2. The van der Waals surface area contributed by atoms with Gasteiger partial charge in [-0.1, -0.05) is 30.3 Å². The molecule has 1 saturated heterocycles. The van der Waals surface area contributed by atoms with Gasteiger partial charge < -0.3 is 24.5 Å². The van der Waals surface area contributed by atoms with Crippen LogP contribution in [0.1, 0.15) is 0 Å². The topological polar surface area (TPSA) is 87.2 Å². The summed E-state index contributed by atoms with van der Waals surface area (Å²) in [4.78, 5) is 4.64. The molecule has 25 heavy (non-hydrogen) atoms. The van der Waals surface area contributed by atoms with Crippen molar-refractivity contribution in [2.24, 2.45) is 0 Å². The maximum Gasteiger partial charge on any atom is 0.180 e. The summed E-state index contributed by atoms with van der Waals surface area (Å²) in [6.07, 6.45) is 0.459. The fourth-order valence-corrected chi connectivity index (χ4v) is 3.95. The number of ether oxygens (including phenoxy) is 1. The first-order valence-electron chi connectivity index (χ1n) is 7.99. The van der Waals surface area contributed by atoms with Gasteiger partial charge in [-0.15, -0.1) is 11.8 Å². The van der Waals surface area contributed by atoms with E-state index >= 15 is 0 Å². The number of hydrogen-bond donors (Lipinski definition) is 3. The Bertz CT molecular complexity index is 870. The molecule has 2 aromatic heterocycles. The van der Waals surface area contributed by atoms with Crippen LogP contribution in [0.25, 0.3) is 16.9 Å². The van der Waals surface area contributed by atoms with E-state index in [0.29, 0.717) is 17.1 Å². The van der Waals surface area contributed by atoms with Gasteiger partial charge in [0.05, 0.1) is 11.8 Å². The third-order valence-electron chi connectivity index (χ3n) is 4.21. The van der Waals surface area contributed by atoms with E-state index < -0.39 is 23.7 Å². The van der Waals surface area contributed by atoms with Crippen molar-refractivity contribution in [3.63, 3.8) is 0 Å². The van der Waals surface area contributed by atoms with Gasteiger partial charge in [0, 0.05) is 23.7 Å². The lowest BCUT2D eigenvalue weighted by molar-refractivity contribution is -0.0784. The Morgan fingerprint density at radius 2 is 1.84 bits per heavy atom. The molecule has 0 aliphatic carbocycles. The summed E-state index contributed by atoms with van der Waals surface area (Å²) in [5, 5.41) is 29.6. The number of aliphatic hydroxyl groups excluding tert-OH is 3. The summed E-state index contributed by atoms with van der Waals surface area (Å²) in [6.45, 7) is 0. The van der Waals surface area contributed by atoms with Gasteiger partial charge in [-0.3, -0.25) is 0 Å². The number of pyridine rings is 1. The van der Waals surface area contributed by atoms with Crippen molar-refractivity contribution in [3.8, 4) is 17.0 Å². The fraction of sp³-hybridized carbons (Fsp3) is 0.278. The van der Waals surface area contributed by atoms with Crippen LogP contribution in [0.2, 0.25) is 0 Å². The number of rotatable bonds is 3. The van der Waals surface area contributed by atoms with Crippen molar-refractivity contribution < 1.29 is 20.1 Å². The van der Waals surface area contributed by atoms with Gasteiger partial charge >= 0.3 is 0 Å².